The maximum Gasteiger partial charge on any atom is 0.166 e. The van der Waals surface area contributed by atoms with Crippen LogP contribution < -0.4 is 0 Å². The zero-order valence-electron chi connectivity index (χ0n) is 37.9. The van der Waals surface area contributed by atoms with E-state index in [1.54, 1.807) is 35.6 Å². The highest BCUT2D eigenvalue weighted by molar-refractivity contribution is 7.26. The molecule has 0 saturated heterocycles. The Bertz CT molecular complexity index is 3540. The molecule has 4 nitrogen and oxygen atoms in total. The van der Waals surface area contributed by atoms with Gasteiger partial charge in [0.05, 0.1) is 33.2 Å². The molecular weight excluding hydrogens is 629 g/mol. The van der Waals surface area contributed by atoms with Gasteiger partial charge in [-0.15, -0.1) is 11.3 Å². The van der Waals surface area contributed by atoms with E-state index in [4.69, 9.17) is 31.4 Å². The average Bonchev–Trinajstić information content (AvgIpc) is 3.86. The van der Waals surface area contributed by atoms with Crippen LogP contribution in [0.5, 0.6) is 0 Å². The summed E-state index contributed by atoms with van der Waals surface area (Å²) in [6.07, 6.45) is 0. The first-order valence-electron chi connectivity index (χ1n) is 21.7. The highest BCUT2D eigenvalue weighted by Crippen LogP contribution is 2.40. The van der Waals surface area contributed by atoms with Gasteiger partial charge in [-0.25, -0.2) is 15.0 Å². The Kier molecular flexibility index (Phi) is 4.40. The van der Waals surface area contributed by atoms with Gasteiger partial charge in [-0.05, 0) is 41.4 Å². The van der Waals surface area contributed by atoms with Gasteiger partial charge in [-0.3, -0.25) is 0 Å². The van der Waals surface area contributed by atoms with Crippen LogP contribution >= 0.6 is 11.3 Å². The zero-order valence-corrected chi connectivity index (χ0v) is 26.8. The Morgan fingerprint density at radius 3 is 1.96 bits per heavy atom. The van der Waals surface area contributed by atoms with Crippen LogP contribution in [-0.4, -0.2) is 19.5 Å². The van der Waals surface area contributed by atoms with E-state index in [-0.39, 0.29) is 74.2 Å². The fraction of sp³-hybridized carbons (Fsp3) is 0. The molecule has 50 heavy (non-hydrogen) atoms. The highest BCUT2D eigenvalue weighted by Gasteiger charge is 2.19. The Morgan fingerprint density at radius 2 is 1.08 bits per heavy atom. The smallest absolute Gasteiger partial charge is 0.166 e. The molecule has 234 valence electrons. The molecule has 0 atom stereocenters. The zero-order chi connectivity index (χ0) is 43.5. The normalized spacial score (nSPS) is 15.0. The molecule has 0 fully saturated rings. The minimum absolute atomic E-state index is 0.00175. The van der Waals surface area contributed by atoms with Crippen molar-refractivity contribution in [3.05, 3.63) is 170 Å². The molecule has 5 heteroatoms. The largest absolute Gasteiger partial charge is 0.309 e. The number of hydrogen-bond acceptors (Lipinski definition) is 4. The molecule has 0 bridgehead atoms. The van der Waals surface area contributed by atoms with E-state index in [9.17, 15) is 0 Å². The molecule has 0 amide bonds. The van der Waals surface area contributed by atoms with Gasteiger partial charge < -0.3 is 4.57 Å². The minimum atomic E-state index is -0.584. The van der Waals surface area contributed by atoms with Crippen molar-refractivity contribution in [3.8, 4) is 51.0 Å². The second kappa shape index (κ2) is 11.6. The second-order valence-corrected chi connectivity index (χ2v) is 12.6. The Morgan fingerprint density at radius 1 is 0.440 bits per heavy atom. The molecule has 0 radical (unpaired) electrons. The summed E-state index contributed by atoms with van der Waals surface area (Å²) in [5, 5.41) is 2.29. The lowest BCUT2D eigenvalue weighted by Crippen LogP contribution is -2.03. The van der Waals surface area contributed by atoms with E-state index in [0.29, 0.717) is 5.56 Å². The number of aromatic nitrogens is 4. The highest BCUT2D eigenvalue weighted by atomic mass is 32.1. The molecule has 0 aliphatic heterocycles. The summed E-state index contributed by atoms with van der Waals surface area (Å²) in [7, 11) is 0. The Hall–Kier alpha value is -6.43. The van der Waals surface area contributed by atoms with Crippen LogP contribution in [0.4, 0.5) is 0 Å². The van der Waals surface area contributed by atoms with Crippen LogP contribution in [0, 0.1) is 0 Å². The molecule has 0 aliphatic carbocycles. The monoisotopic (exact) mass is 668 g/mol. The molecule has 3 aromatic heterocycles. The van der Waals surface area contributed by atoms with Crippen molar-refractivity contribution in [3.63, 3.8) is 0 Å². The fourth-order valence-electron chi connectivity index (χ4n) is 6.44. The van der Waals surface area contributed by atoms with E-state index in [1.807, 2.05) is 42.5 Å². The summed E-state index contributed by atoms with van der Waals surface area (Å²) >= 11 is 1.71. The number of fused-ring (bicyclic) bond motifs is 6. The third-order valence-electron chi connectivity index (χ3n) is 8.68. The summed E-state index contributed by atoms with van der Waals surface area (Å²) in [6.45, 7) is 0. The third kappa shape index (κ3) is 4.63. The van der Waals surface area contributed by atoms with Gasteiger partial charge in [0.25, 0.3) is 0 Å². The second-order valence-electron chi connectivity index (χ2n) is 11.5. The third-order valence-corrected chi connectivity index (χ3v) is 9.90. The van der Waals surface area contributed by atoms with Gasteiger partial charge in [-0.1, -0.05) is 139 Å². The molecule has 3 heterocycles. The van der Waals surface area contributed by atoms with Crippen molar-refractivity contribution >= 4 is 53.3 Å². The van der Waals surface area contributed by atoms with Crippen LogP contribution in [0.1, 0.15) is 16.4 Å². The number of nitrogens with zero attached hydrogens (tertiary/aromatic N) is 4. The summed E-state index contributed by atoms with van der Waals surface area (Å²) in [5.74, 6) is -0.124. The quantitative estimate of drug-likeness (QED) is 0.183. The molecule has 0 spiro atoms. The fourth-order valence-corrected chi connectivity index (χ4v) is 7.68. The maximum absolute atomic E-state index is 9.05. The first-order valence-corrected chi connectivity index (χ1v) is 16.5. The van der Waals surface area contributed by atoms with Gasteiger partial charge in [-0.2, -0.15) is 0 Å². The Balaban J connectivity index is 1.23. The van der Waals surface area contributed by atoms with Crippen molar-refractivity contribution in [1.82, 2.24) is 19.5 Å². The lowest BCUT2D eigenvalue weighted by Gasteiger charge is -2.14. The first-order chi connectivity index (χ1) is 29.8. The Labute approximate surface area is 309 Å². The average molecular weight is 669 g/mol. The summed E-state index contributed by atoms with van der Waals surface area (Å²) in [5.41, 5.74) is 2.78. The lowest BCUT2D eigenvalue weighted by molar-refractivity contribution is 1.06. The van der Waals surface area contributed by atoms with Crippen molar-refractivity contribution in [1.29, 1.82) is 0 Å². The summed E-state index contributed by atoms with van der Waals surface area (Å²) in [6, 6.07) is 24.3. The van der Waals surface area contributed by atoms with Gasteiger partial charge >= 0.3 is 0 Å². The van der Waals surface area contributed by atoms with E-state index in [2.05, 4.69) is 24.3 Å². The summed E-state index contributed by atoms with van der Waals surface area (Å²) < 4.78 is 108. The van der Waals surface area contributed by atoms with E-state index >= 15 is 0 Å². The van der Waals surface area contributed by atoms with Crippen molar-refractivity contribution in [2.75, 3.05) is 0 Å². The predicted octanol–water partition coefficient (Wildman–Crippen LogP) is 12.0. The van der Waals surface area contributed by atoms with Crippen molar-refractivity contribution in [2.24, 2.45) is 0 Å². The van der Waals surface area contributed by atoms with Gasteiger partial charge in [0.2, 0.25) is 0 Å². The topological polar surface area (TPSA) is 43.6 Å². The number of thiophene rings is 1. The lowest BCUT2D eigenvalue weighted by atomic mass is 10.0. The predicted molar refractivity (Wildman–Crippen MR) is 209 cm³/mol. The van der Waals surface area contributed by atoms with Gasteiger partial charge in [0.1, 0.15) is 0 Å². The van der Waals surface area contributed by atoms with Gasteiger partial charge in [0, 0.05) is 47.6 Å². The SMILES string of the molecule is [2H]c1cc([2H])c2c(c1[2H])c1c([2H])c([2H])c([2H])c([2H])c1n2-c1ccccc1-c1nc(-c2ccc(-c3cccc4c3sc3ccccc34)cc2)nc(-c2c([2H])c([2H])c([2H])c([2H])c2[2H])n1. The van der Waals surface area contributed by atoms with Gasteiger partial charge in [0.15, 0.2) is 17.5 Å². The standard InChI is InChI=1S/C45H28N4S/c1-2-13-30(14-3-1)43-46-44(31-27-25-29(26-28-31)32-19-12-20-36-35-17-7-11-24-41(35)50-42(32)36)48-45(47-43)37-18-6-10-23-40(37)49-38-21-8-4-15-33(38)34-16-5-9-22-39(34)49/h1-28H/i1D,2D,3D,4D,5D,8D,13D,14D,15D,16D,21D,22D. The first kappa shape index (κ1) is 18.9. The van der Waals surface area contributed by atoms with E-state index < -0.39 is 54.4 Å². The van der Waals surface area contributed by atoms with Crippen LogP contribution in [0.3, 0.4) is 0 Å². The number of para-hydroxylation sites is 3. The van der Waals surface area contributed by atoms with E-state index in [0.717, 1.165) is 21.2 Å². The molecule has 10 aromatic rings. The molecule has 0 unspecified atom stereocenters. The molecule has 0 aliphatic rings. The molecular formula is C45H28N4S. The molecule has 0 saturated carbocycles. The van der Waals surface area contributed by atoms with Crippen molar-refractivity contribution < 1.29 is 16.4 Å². The van der Waals surface area contributed by atoms with Crippen LogP contribution in [-0.2, 0) is 0 Å². The van der Waals surface area contributed by atoms with E-state index in [1.165, 1.54) is 20.7 Å². The minimum Gasteiger partial charge on any atom is -0.309 e. The maximum atomic E-state index is 9.05. The van der Waals surface area contributed by atoms with Crippen LogP contribution in [0.2, 0.25) is 0 Å². The molecule has 0 N–H and O–H groups in total. The summed E-state index contributed by atoms with van der Waals surface area (Å²) in [4.78, 5) is 14.4. The number of benzene rings is 7. The molecule has 10 rings (SSSR count). The number of rotatable bonds is 5. The van der Waals surface area contributed by atoms with Crippen LogP contribution in [0.25, 0.3) is 93.0 Å². The molecule has 7 aromatic carbocycles. The van der Waals surface area contributed by atoms with Crippen molar-refractivity contribution in [2.45, 2.75) is 0 Å². The number of hydrogen-bond donors (Lipinski definition) is 0. The van der Waals surface area contributed by atoms with Crippen LogP contribution in [0.15, 0.2) is 170 Å².